The predicted octanol–water partition coefficient (Wildman–Crippen LogP) is 4.05. The first kappa shape index (κ1) is 14.2. The highest BCUT2D eigenvalue weighted by molar-refractivity contribution is 9.10. The molecule has 2 rings (SSSR count). The molecule has 0 fully saturated rings. The summed E-state index contributed by atoms with van der Waals surface area (Å²) < 4.78 is 0.730. The molecule has 0 spiro atoms. The monoisotopic (exact) mass is 338 g/mol. The zero-order chi connectivity index (χ0) is 14.0. The van der Waals surface area contributed by atoms with Crippen LogP contribution in [0.2, 0.25) is 0 Å². The Morgan fingerprint density at radius 3 is 2.63 bits per heavy atom. The van der Waals surface area contributed by atoms with Crippen molar-refractivity contribution in [2.45, 2.75) is 19.9 Å². The van der Waals surface area contributed by atoms with E-state index in [0.717, 1.165) is 4.60 Å². The van der Waals surface area contributed by atoms with E-state index >= 15 is 0 Å². The number of aromatic nitrogens is 1. The summed E-state index contributed by atoms with van der Waals surface area (Å²) in [6, 6.07) is 7.78. The van der Waals surface area contributed by atoms with Crippen molar-refractivity contribution >= 4 is 33.2 Å². The Labute approximate surface area is 125 Å². The Morgan fingerprint density at radius 1 is 1.37 bits per heavy atom. The van der Waals surface area contributed by atoms with Crippen molar-refractivity contribution in [2.75, 3.05) is 7.05 Å². The summed E-state index contributed by atoms with van der Waals surface area (Å²) in [7, 11) is 1.82. The van der Waals surface area contributed by atoms with Crippen molar-refractivity contribution in [3.63, 3.8) is 0 Å². The fourth-order valence-corrected chi connectivity index (χ4v) is 2.96. The minimum absolute atomic E-state index is 0.0152. The van der Waals surface area contributed by atoms with Gasteiger partial charge in [0.15, 0.2) is 0 Å². The molecule has 0 saturated carbocycles. The zero-order valence-corrected chi connectivity index (χ0v) is 13.5. The number of hydrogen-bond donors (Lipinski definition) is 0. The van der Waals surface area contributed by atoms with E-state index in [1.165, 1.54) is 9.75 Å². The summed E-state index contributed by atoms with van der Waals surface area (Å²) in [5.74, 6) is -0.0152. The first-order valence-electron chi connectivity index (χ1n) is 5.94. The first-order chi connectivity index (χ1) is 8.99. The maximum absolute atomic E-state index is 12.4. The van der Waals surface area contributed by atoms with E-state index < -0.39 is 0 Å². The van der Waals surface area contributed by atoms with Gasteiger partial charge in [-0.2, -0.15) is 0 Å². The Balaban J connectivity index is 2.17. The van der Waals surface area contributed by atoms with Crippen LogP contribution in [0.5, 0.6) is 0 Å². The standard InChI is InChI=1S/C14H15BrN2OS/c1-9-4-6-12(19-9)10(2)17(3)14(18)11-5-7-13(15)16-8-11/h4-8,10H,1-3H3. The summed E-state index contributed by atoms with van der Waals surface area (Å²) >= 11 is 4.99. The maximum Gasteiger partial charge on any atom is 0.255 e. The largest absolute Gasteiger partial charge is 0.334 e. The second kappa shape index (κ2) is 5.84. The molecule has 0 aliphatic heterocycles. The third-order valence-electron chi connectivity index (χ3n) is 3.05. The van der Waals surface area contributed by atoms with Gasteiger partial charge in [-0.1, -0.05) is 0 Å². The van der Waals surface area contributed by atoms with Crippen molar-refractivity contribution in [1.29, 1.82) is 0 Å². The van der Waals surface area contributed by atoms with Gasteiger partial charge in [-0.05, 0) is 54.0 Å². The van der Waals surface area contributed by atoms with Gasteiger partial charge in [-0.15, -0.1) is 11.3 Å². The van der Waals surface area contributed by atoms with Crippen LogP contribution >= 0.6 is 27.3 Å². The highest BCUT2D eigenvalue weighted by atomic mass is 79.9. The van der Waals surface area contributed by atoms with Crippen LogP contribution in [0.25, 0.3) is 0 Å². The molecule has 3 nitrogen and oxygen atoms in total. The smallest absolute Gasteiger partial charge is 0.255 e. The molecule has 0 saturated heterocycles. The summed E-state index contributed by atoms with van der Waals surface area (Å²) in [6.45, 7) is 4.11. The number of rotatable bonds is 3. The van der Waals surface area contributed by atoms with Gasteiger partial charge < -0.3 is 4.90 Å². The van der Waals surface area contributed by atoms with Crippen LogP contribution in [-0.2, 0) is 0 Å². The van der Waals surface area contributed by atoms with Gasteiger partial charge >= 0.3 is 0 Å². The lowest BCUT2D eigenvalue weighted by Gasteiger charge is -2.24. The van der Waals surface area contributed by atoms with Crippen LogP contribution in [0, 0.1) is 6.92 Å². The number of pyridine rings is 1. The Kier molecular flexibility index (Phi) is 4.37. The van der Waals surface area contributed by atoms with Crippen LogP contribution in [-0.4, -0.2) is 22.8 Å². The molecule has 5 heteroatoms. The Morgan fingerprint density at radius 2 is 2.11 bits per heavy atom. The minimum atomic E-state index is -0.0152. The quantitative estimate of drug-likeness (QED) is 0.791. The topological polar surface area (TPSA) is 33.2 Å². The number of amides is 1. The number of carbonyl (C=O) groups is 1. The first-order valence-corrected chi connectivity index (χ1v) is 7.55. The summed E-state index contributed by atoms with van der Waals surface area (Å²) in [5.41, 5.74) is 0.603. The van der Waals surface area contributed by atoms with E-state index in [0.29, 0.717) is 5.56 Å². The van der Waals surface area contributed by atoms with E-state index in [1.54, 1.807) is 34.6 Å². The van der Waals surface area contributed by atoms with Crippen LogP contribution in [0.3, 0.4) is 0 Å². The van der Waals surface area contributed by atoms with Crippen molar-refractivity contribution in [1.82, 2.24) is 9.88 Å². The van der Waals surface area contributed by atoms with Gasteiger partial charge in [0.2, 0.25) is 0 Å². The number of thiophene rings is 1. The van der Waals surface area contributed by atoms with Crippen molar-refractivity contribution in [3.05, 3.63) is 50.4 Å². The number of carbonyl (C=O) groups excluding carboxylic acids is 1. The molecule has 1 atom stereocenters. The lowest BCUT2D eigenvalue weighted by Crippen LogP contribution is -2.29. The predicted molar refractivity (Wildman–Crippen MR) is 81.5 cm³/mol. The Hall–Kier alpha value is -1.20. The molecular weight excluding hydrogens is 324 g/mol. The minimum Gasteiger partial charge on any atom is -0.334 e. The fourth-order valence-electron chi connectivity index (χ4n) is 1.75. The van der Waals surface area contributed by atoms with E-state index in [-0.39, 0.29) is 11.9 Å². The summed E-state index contributed by atoms with van der Waals surface area (Å²) in [5, 5.41) is 0. The molecule has 0 aliphatic rings. The summed E-state index contributed by atoms with van der Waals surface area (Å²) in [6.07, 6.45) is 1.59. The highest BCUT2D eigenvalue weighted by Crippen LogP contribution is 2.27. The number of nitrogens with zero attached hydrogens (tertiary/aromatic N) is 2. The van der Waals surface area contributed by atoms with Crippen LogP contribution in [0.15, 0.2) is 35.1 Å². The fraction of sp³-hybridized carbons (Fsp3) is 0.286. The molecule has 2 aromatic heterocycles. The van der Waals surface area contributed by atoms with Crippen molar-refractivity contribution < 1.29 is 4.79 Å². The second-order valence-electron chi connectivity index (χ2n) is 4.41. The zero-order valence-electron chi connectivity index (χ0n) is 11.1. The molecule has 1 amide bonds. The number of hydrogen-bond acceptors (Lipinski definition) is 3. The molecule has 1 unspecified atom stereocenters. The van der Waals surface area contributed by atoms with Gasteiger partial charge in [0.25, 0.3) is 5.91 Å². The molecule has 19 heavy (non-hydrogen) atoms. The average molecular weight is 339 g/mol. The van der Waals surface area contributed by atoms with E-state index in [1.807, 2.05) is 14.0 Å². The third kappa shape index (κ3) is 3.22. The molecule has 2 heterocycles. The lowest BCUT2D eigenvalue weighted by molar-refractivity contribution is 0.0744. The van der Waals surface area contributed by atoms with E-state index in [4.69, 9.17) is 0 Å². The van der Waals surface area contributed by atoms with Crippen molar-refractivity contribution in [3.8, 4) is 0 Å². The molecule has 0 N–H and O–H groups in total. The molecular formula is C14H15BrN2OS. The molecule has 100 valence electrons. The average Bonchev–Trinajstić information content (AvgIpc) is 2.84. The molecule has 2 aromatic rings. The van der Waals surface area contributed by atoms with Gasteiger partial charge in [-0.3, -0.25) is 4.79 Å². The van der Waals surface area contributed by atoms with Gasteiger partial charge in [0, 0.05) is 23.0 Å². The number of aryl methyl sites for hydroxylation is 1. The SMILES string of the molecule is Cc1ccc(C(C)N(C)C(=O)c2ccc(Br)nc2)s1. The normalized spacial score (nSPS) is 12.2. The summed E-state index contributed by atoms with van der Waals surface area (Å²) in [4.78, 5) is 20.6. The third-order valence-corrected chi connectivity index (χ3v) is 4.69. The van der Waals surface area contributed by atoms with Crippen LogP contribution in [0.4, 0.5) is 0 Å². The molecule has 0 aliphatic carbocycles. The highest BCUT2D eigenvalue weighted by Gasteiger charge is 2.20. The number of halogens is 1. The maximum atomic E-state index is 12.4. The van der Waals surface area contributed by atoms with E-state index in [9.17, 15) is 4.79 Å². The van der Waals surface area contributed by atoms with Crippen LogP contribution < -0.4 is 0 Å². The molecule has 0 radical (unpaired) electrons. The molecule has 0 bridgehead atoms. The van der Waals surface area contributed by atoms with Gasteiger partial charge in [0.1, 0.15) is 4.60 Å². The van der Waals surface area contributed by atoms with Crippen molar-refractivity contribution in [2.24, 2.45) is 0 Å². The van der Waals surface area contributed by atoms with E-state index in [2.05, 4.69) is 40.0 Å². The van der Waals surface area contributed by atoms with Crippen LogP contribution in [0.1, 0.15) is 33.1 Å². The lowest BCUT2D eigenvalue weighted by atomic mass is 10.2. The van der Waals surface area contributed by atoms with Gasteiger partial charge in [0.05, 0.1) is 11.6 Å². The van der Waals surface area contributed by atoms with Gasteiger partial charge in [-0.25, -0.2) is 4.98 Å². The molecule has 0 aromatic carbocycles. The Bertz CT molecular complexity index is 579. The second-order valence-corrected chi connectivity index (χ2v) is 6.54.